The summed E-state index contributed by atoms with van der Waals surface area (Å²) in [5, 5.41) is 3.36. The average Bonchev–Trinajstić information content (AvgIpc) is 2.09. The van der Waals surface area contributed by atoms with E-state index in [1.54, 1.807) is 0 Å². The molecule has 0 fully saturated rings. The summed E-state index contributed by atoms with van der Waals surface area (Å²) in [6.45, 7) is 6.30. The molecule has 0 spiro atoms. The molecule has 1 aromatic carbocycles. The zero-order valence-electron chi connectivity index (χ0n) is 7.96. The number of nitrogens with one attached hydrogen (secondary N) is 1. The largest absolute Gasteiger partial charge is 0.382 e. The van der Waals surface area contributed by atoms with Crippen molar-refractivity contribution in [1.29, 1.82) is 0 Å². The van der Waals surface area contributed by atoms with Gasteiger partial charge in [-0.3, -0.25) is 0 Å². The maximum absolute atomic E-state index is 3.36. The Morgan fingerprint density at radius 2 is 1.83 bits per heavy atom. The molecule has 0 saturated carbocycles. The van der Waals surface area contributed by atoms with Crippen LogP contribution in [-0.4, -0.2) is 6.04 Å². The molecule has 1 atom stereocenters. The van der Waals surface area contributed by atoms with Crippen LogP contribution in [0, 0.1) is 13.3 Å². The van der Waals surface area contributed by atoms with Crippen molar-refractivity contribution in [2.24, 2.45) is 0 Å². The van der Waals surface area contributed by atoms with Crippen molar-refractivity contribution in [3.63, 3.8) is 0 Å². The van der Waals surface area contributed by atoms with Crippen molar-refractivity contribution in [3.8, 4) is 0 Å². The molecular formula is C11H16N. The van der Waals surface area contributed by atoms with Crippen LogP contribution in [0.2, 0.25) is 0 Å². The molecule has 1 unspecified atom stereocenters. The molecule has 0 heterocycles. The summed E-state index contributed by atoms with van der Waals surface area (Å²) in [7, 11) is 0. The Labute approximate surface area is 74.8 Å². The van der Waals surface area contributed by atoms with Gasteiger partial charge in [-0.15, -0.1) is 0 Å². The van der Waals surface area contributed by atoms with Crippen molar-refractivity contribution in [3.05, 3.63) is 36.2 Å². The van der Waals surface area contributed by atoms with Crippen LogP contribution in [0.1, 0.15) is 19.4 Å². The van der Waals surface area contributed by atoms with Crippen LogP contribution in [0.3, 0.4) is 0 Å². The summed E-state index contributed by atoms with van der Waals surface area (Å²) in [6, 6.07) is 8.88. The van der Waals surface area contributed by atoms with E-state index in [2.05, 4.69) is 56.8 Å². The van der Waals surface area contributed by atoms with Gasteiger partial charge in [0.25, 0.3) is 0 Å². The van der Waals surface area contributed by atoms with E-state index < -0.39 is 0 Å². The predicted molar refractivity (Wildman–Crippen MR) is 54.2 cm³/mol. The fourth-order valence-electron chi connectivity index (χ4n) is 0.996. The summed E-state index contributed by atoms with van der Waals surface area (Å²) in [4.78, 5) is 0. The molecule has 0 amide bonds. The molecule has 0 bridgehead atoms. The highest BCUT2D eigenvalue weighted by atomic mass is 14.9. The third-order valence-corrected chi connectivity index (χ3v) is 1.95. The van der Waals surface area contributed by atoms with E-state index in [0.29, 0.717) is 6.04 Å². The highest BCUT2D eigenvalue weighted by molar-refractivity contribution is 5.45. The van der Waals surface area contributed by atoms with Gasteiger partial charge in [-0.05, 0) is 32.4 Å². The Kier molecular flexibility index (Phi) is 3.15. The fourth-order valence-corrected chi connectivity index (χ4v) is 0.996. The van der Waals surface area contributed by atoms with Crippen LogP contribution in [0.4, 0.5) is 5.69 Å². The van der Waals surface area contributed by atoms with E-state index in [0.717, 1.165) is 0 Å². The first-order chi connectivity index (χ1) is 5.72. The summed E-state index contributed by atoms with van der Waals surface area (Å²) in [5.41, 5.74) is 2.49. The molecule has 0 saturated heterocycles. The Bertz CT molecular complexity index is 225. The Morgan fingerprint density at radius 1 is 1.25 bits per heavy atom. The molecule has 1 aromatic rings. The highest BCUT2D eigenvalue weighted by Gasteiger charge is 1.97. The third kappa shape index (κ3) is 2.57. The van der Waals surface area contributed by atoms with Gasteiger partial charge in [0.15, 0.2) is 0 Å². The monoisotopic (exact) mass is 162 g/mol. The predicted octanol–water partition coefficient (Wildman–Crippen LogP) is 3.02. The van der Waals surface area contributed by atoms with Crippen LogP contribution in [0.5, 0.6) is 0 Å². The fraction of sp³-hybridized carbons (Fsp3) is 0.364. The van der Waals surface area contributed by atoms with Crippen molar-refractivity contribution in [2.45, 2.75) is 26.8 Å². The molecule has 0 aliphatic carbocycles. The second-order valence-electron chi connectivity index (χ2n) is 3.13. The van der Waals surface area contributed by atoms with E-state index >= 15 is 0 Å². The molecular weight excluding hydrogens is 146 g/mol. The Balaban J connectivity index is 2.58. The van der Waals surface area contributed by atoms with Gasteiger partial charge in [0.05, 0.1) is 0 Å². The first-order valence-corrected chi connectivity index (χ1v) is 4.35. The van der Waals surface area contributed by atoms with Crippen LogP contribution in [0.25, 0.3) is 0 Å². The smallest absolute Gasteiger partial charge is 0.0342 e. The van der Waals surface area contributed by atoms with E-state index in [4.69, 9.17) is 0 Å². The zero-order valence-corrected chi connectivity index (χ0v) is 7.96. The lowest BCUT2D eigenvalue weighted by Crippen LogP contribution is -2.13. The lowest BCUT2D eigenvalue weighted by atomic mass is 10.2. The minimum absolute atomic E-state index is 0.438. The first-order valence-electron chi connectivity index (χ1n) is 4.35. The normalized spacial score (nSPS) is 12.6. The molecule has 0 aliphatic rings. The molecule has 1 nitrogen and oxygen atoms in total. The highest BCUT2D eigenvalue weighted by Crippen LogP contribution is 2.10. The second-order valence-corrected chi connectivity index (χ2v) is 3.13. The van der Waals surface area contributed by atoms with Crippen molar-refractivity contribution >= 4 is 5.69 Å². The van der Waals surface area contributed by atoms with Crippen LogP contribution >= 0.6 is 0 Å². The Hall–Kier alpha value is -0.980. The van der Waals surface area contributed by atoms with Gasteiger partial charge in [0, 0.05) is 11.7 Å². The van der Waals surface area contributed by atoms with Crippen molar-refractivity contribution in [2.75, 3.05) is 5.32 Å². The lowest BCUT2D eigenvalue weighted by molar-refractivity contribution is 0.918. The zero-order chi connectivity index (χ0) is 8.97. The number of rotatable bonds is 3. The molecule has 12 heavy (non-hydrogen) atoms. The lowest BCUT2D eigenvalue weighted by Gasteiger charge is -2.12. The third-order valence-electron chi connectivity index (χ3n) is 1.95. The minimum Gasteiger partial charge on any atom is -0.382 e. The van der Waals surface area contributed by atoms with Crippen LogP contribution < -0.4 is 5.32 Å². The minimum atomic E-state index is 0.438. The van der Waals surface area contributed by atoms with E-state index in [1.165, 1.54) is 11.3 Å². The van der Waals surface area contributed by atoms with E-state index in [9.17, 15) is 0 Å². The van der Waals surface area contributed by atoms with E-state index in [1.807, 2.05) is 0 Å². The van der Waals surface area contributed by atoms with Crippen molar-refractivity contribution in [1.82, 2.24) is 0 Å². The van der Waals surface area contributed by atoms with Gasteiger partial charge in [0.2, 0.25) is 0 Å². The van der Waals surface area contributed by atoms with Crippen LogP contribution in [-0.2, 0) is 0 Å². The van der Waals surface area contributed by atoms with Crippen LogP contribution in [0.15, 0.2) is 24.3 Å². The van der Waals surface area contributed by atoms with Crippen molar-refractivity contribution < 1.29 is 0 Å². The molecule has 1 N–H and O–H groups in total. The van der Waals surface area contributed by atoms with Gasteiger partial charge in [0.1, 0.15) is 0 Å². The molecule has 0 aromatic heterocycles. The van der Waals surface area contributed by atoms with Gasteiger partial charge < -0.3 is 5.32 Å². The SMILES string of the molecule is C[CH]C(C)Nc1ccc(C)cc1. The maximum Gasteiger partial charge on any atom is 0.0342 e. The molecule has 0 aliphatic heterocycles. The maximum atomic E-state index is 3.36. The quantitative estimate of drug-likeness (QED) is 0.720. The molecule has 65 valence electrons. The number of benzene rings is 1. The van der Waals surface area contributed by atoms with Gasteiger partial charge in [-0.1, -0.05) is 24.6 Å². The van der Waals surface area contributed by atoms with E-state index in [-0.39, 0.29) is 0 Å². The van der Waals surface area contributed by atoms with Gasteiger partial charge in [-0.25, -0.2) is 0 Å². The summed E-state index contributed by atoms with van der Waals surface area (Å²) in [6.07, 6.45) is 2.14. The van der Waals surface area contributed by atoms with Gasteiger partial charge in [-0.2, -0.15) is 0 Å². The standard InChI is InChI=1S/C11H16N/c1-4-10(3)12-11-7-5-9(2)6-8-11/h4-8,10,12H,1-3H3. The molecule has 1 radical (unpaired) electrons. The summed E-state index contributed by atoms with van der Waals surface area (Å²) >= 11 is 0. The van der Waals surface area contributed by atoms with Gasteiger partial charge >= 0.3 is 0 Å². The summed E-state index contributed by atoms with van der Waals surface area (Å²) < 4.78 is 0. The first kappa shape index (κ1) is 9.11. The second kappa shape index (κ2) is 4.15. The number of hydrogen-bond donors (Lipinski definition) is 1. The topological polar surface area (TPSA) is 12.0 Å². The number of aryl methyl sites for hydroxylation is 1. The Morgan fingerprint density at radius 3 is 2.33 bits per heavy atom. The number of hydrogen-bond acceptors (Lipinski definition) is 1. The molecule has 1 heteroatoms. The summed E-state index contributed by atoms with van der Waals surface area (Å²) in [5.74, 6) is 0. The average molecular weight is 162 g/mol. The number of anilines is 1. The molecule has 1 rings (SSSR count).